The highest BCUT2D eigenvalue weighted by Crippen LogP contribution is 2.28. The van der Waals surface area contributed by atoms with Crippen LogP contribution in [0.15, 0.2) is 48.5 Å². The number of carboxylic acids is 1. The van der Waals surface area contributed by atoms with Crippen molar-refractivity contribution in [2.45, 2.75) is 6.23 Å². The minimum atomic E-state index is -0.990. The molecule has 5 heteroatoms. The molecule has 0 aromatic heterocycles. The first-order valence-electron chi connectivity index (χ1n) is 6.05. The lowest BCUT2D eigenvalue weighted by molar-refractivity contribution is 0.0693. The number of aromatic carboxylic acids is 1. The predicted molar refractivity (Wildman–Crippen MR) is 70.7 cm³/mol. The average Bonchev–Trinajstić information content (AvgIpc) is 2.47. The third-order valence-electron chi connectivity index (χ3n) is 3.10. The number of carbonyl (C=O) groups excluding carboxylic acids is 1. The van der Waals surface area contributed by atoms with Crippen molar-refractivity contribution in [1.29, 1.82) is 0 Å². The van der Waals surface area contributed by atoms with Crippen LogP contribution in [0.5, 0.6) is 5.75 Å². The van der Waals surface area contributed by atoms with Gasteiger partial charge in [-0.1, -0.05) is 24.3 Å². The summed E-state index contributed by atoms with van der Waals surface area (Å²) in [6, 6.07) is 13.2. The normalized spacial score (nSPS) is 16.8. The summed E-state index contributed by atoms with van der Waals surface area (Å²) < 4.78 is 5.71. The van der Waals surface area contributed by atoms with Gasteiger partial charge in [0.25, 0.3) is 5.91 Å². The Bertz CT molecular complexity index is 679. The molecule has 2 N–H and O–H groups in total. The summed E-state index contributed by atoms with van der Waals surface area (Å²) in [6.07, 6.45) is -0.611. The van der Waals surface area contributed by atoms with Crippen LogP contribution >= 0.6 is 0 Å². The second kappa shape index (κ2) is 4.70. The van der Waals surface area contributed by atoms with Crippen LogP contribution < -0.4 is 10.1 Å². The zero-order chi connectivity index (χ0) is 14.1. The molecule has 1 heterocycles. The van der Waals surface area contributed by atoms with E-state index < -0.39 is 12.2 Å². The molecule has 0 spiro atoms. The van der Waals surface area contributed by atoms with Crippen molar-refractivity contribution >= 4 is 11.9 Å². The Morgan fingerprint density at radius 3 is 2.50 bits per heavy atom. The van der Waals surface area contributed by atoms with E-state index in [9.17, 15) is 9.59 Å². The third-order valence-corrected chi connectivity index (χ3v) is 3.10. The summed E-state index contributed by atoms with van der Waals surface area (Å²) in [5.41, 5.74) is 1.38. The Kier molecular flexibility index (Phi) is 2.87. The summed E-state index contributed by atoms with van der Waals surface area (Å²) in [6.45, 7) is 0. The summed E-state index contributed by atoms with van der Waals surface area (Å²) in [4.78, 5) is 22.8. The number of ether oxygens (including phenoxy) is 1. The molecule has 20 heavy (non-hydrogen) atoms. The largest absolute Gasteiger partial charge is 0.478 e. The van der Waals surface area contributed by atoms with Crippen LogP contribution in [0.25, 0.3) is 0 Å². The molecular formula is C15H11NO4. The molecule has 0 aliphatic carbocycles. The van der Waals surface area contributed by atoms with Gasteiger partial charge in [0.2, 0.25) is 0 Å². The van der Waals surface area contributed by atoms with Crippen LogP contribution in [0.4, 0.5) is 0 Å². The van der Waals surface area contributed by atoms with Crippen molar-refractivity contribution in [3.8, 4) is 5.75 Å². The van der Waals surface area contributed by atoms with Gasteiger partial charge in [-0.25, -0.2) is 4.79 Å². The van der Waals surface area contributed by atoms with Crippen LogP contribution in [0.1, 0.15) is 32.5 Å². The second-order valence-electron chi connectivity index (χ2n) is 4.39. The van der Waals surface area contributed by atoms with E-state index in [-0.39, 0.29) is 11.5 Å². The van der Waals surface area contributed by atoms with E-state index in [0.29, 0.717) is 16.9 Å². The topological polar surface area (TPSA) is 75.6 Å². The van der Waals surface area contributed by atoms with Crippen molar-refractivity contribution < 1.29 is 19.4 Å². The number of hydrogen-bond acceptors (Lipinski definition) is 3. The first-order valence-corrected chi connectivity index (χ1v) is 6.05. The Balaban J connectivity index is 1.90. The highest BCUT2D eigenvalue weighted by molar-refractivity contribution is 5.98. The monoisotopic (exact) mass is 269 g/mol. The van der Waals surface area contributed by atoms with Gasteiger partial charge in [-0.3, -0.25) is 4.79 Å². The number of hydrogen-bond donors (Lipinski definition) is 2. The van der Waals surface area contributed by atoms with Gasteiger partial charge < -0.3 is 15.2 Å². The number of para-hydroxylation sites is 1. The van der Waals surface area contributed by atoms with Gasteiger partial charge in [0.1, 0.15) is 5.75 Å². The molecule has 2 aromatic carbocycles. The predicted octanol–water partition coefficient (Wildman–Crippen LogP) is 2.21. The number of carbonyl (C=O) groups is 2. The van der Waals surface area contributed by atoms with E-state index >= 15 is 0 Å². The minimum Gasteiger partial charge on any atom is -0.478 e. The van der Waals surface area contributed by atoms with E-state index in [1.54, 1.807) is 36.4 Å². The molecule has 0 saturated carbocycles. The molecule has 1 unspecified atom stereocenters. The summed E-state index contributed by atoms with van der Waals surface area (Å²) in [5, 5.41) is 11.6. The van der Waals surface area contributed by atoms with Crippen molar-refractivity contribution in [1.82, 2.24) is 5.32 Å². The first kappa shape index (κ1) is 12.2. The second-order valence-corrected chi connectivity index (χ2v) is 4.39. The minimum absolute atomic E-state index is 0.191. The standard InChI is InChI=1S/C15H11NO4/c17-13-11-3-1-2-4-12(11)20-14(16-13)9-5-7-10(8-6-9)15(18)19/h1-8,14H,(H,16,17)(H,18,19). The maximum absolute atomic E-state index is 12.0. The van der Waals surface area contributed by atoms with Gasteiger partial charge >= 0.3 is 5.97 Å². The van der Waals surface area contributed by atoms with Gasteiger partial charge in [-0.05, 0) is 24.3 Å². The molecule has 1 atom stereocenters. The van der Waals surface area contributed by atoms with Crippen LogP contribution in [-0.4, -0.2) is 17.0 Å². The maximum Gasteiger partial charge on any atom is 0.335 e. The van der Waals surface area contributed by atoms with Crippen LogP contribution in [0.3, 0.4) is 0 Å². The molecule has 0 bridgehead atoms. The van der Waals surface area contributed by atoms with Gasteiger partial charge in [-0.15, -0.1) is 0 Å². The molecule has 1 aliphatic rings. The Hall–Kier alpha value is -2.82. The summed E-state index contributed by atoms with van der Waals surface area (Å²) in [5.74, 6) is -0.682. The molecule has 0 fully saturated rings. The van der Waals surface area contributed by atoms with Crippen molar-refractivity contribution in [2.24, 2.45) is 0 Å². The van der Waals surface area contributed by atoms with Gasteiger partial charge in [0, 0.05) is 5.56 Å². The molecule has 3 rings (SSSR count). The van der Waals surface area contributed by atoms with Gasteiger partial charge in [-0.2, -0.15) is 0 Å². The average molecular weight is 269 g/mol. The van der Waals surface area contributed by atoms with Crippen molar-refractivity contribution in [3.63, 3.8) is 0 Å². The lowest BCUT2D eigenvalue weighted by Gasteiger charge is -2.26. The molecule has 0 radical (unpaired) electrons. The highest BCUT2D eigenvalue weighted by Gasteiger charge is 2.26. The Labute approximate surface area is 114 Å². The highest BCUT2D eigenvalue weighted by atomic mass is 16.5. The fraction of sp³-hybridized carbons (Fsp3) is 0.0667. The van der Waals surface area contributed by atoms with Gasteiger partial charge in [0.05, 0.1) is 11.1 Å². The van der Waals surface area contributed by atoms with Crippen LogP contribution in [0, 0.1) is 0 Å². The lowest BCUT2D eigenvalue weighted by Crippen LogP contribution is -2.36. The van der Waals surface area contributed by atoms with Crippen molar-refractivity contribution in [2.75, 3.05) is 0 Å². The Morgan fingerprint density at radius 1 is 1.10 bits per heavy atom. The van der Waals surface area contributed by atoms with Crippen molar-refractivity contribution in [3.05, 3.63) is 65.2 Å². The maximum atomic E-state index is 12.0. The van der Waals surface area contributed by atoms with E-state index in [1.165, 1.54) is 12.1 Å². The zero-order valence-electron chi connectivity index (χ0n) is 10.4. The lowest BCUT2D eigenvalue weighted by atomic mass is 10.1. The van der Waals surface area contributed by atoms with Crippen LogP contribution in [0.2, 0.25) is 0 Å². The molecule has 1 aliphatic heterocycles. The molecule has 1 amide bonds. The summed E-state index contributed by atoms with van der Waals surface area (Å²) >= 11 is 0. The molecule has 5 nitrogen and oxygen atoms in total. The molecular weight excluding hydrogens is 258 g/mol. The van der Waals surface area contributed by atoms with E-state index in [2.05, 4.69) is 5.32 Å². The molecule has 100 valence electrons. The van der Waals surface area contributed by atoms with Gasteiger partial charge in [0.15, 0.2) is 6.23 Å². The third kappa shape index (κ3) is 2.09. The molecule has 2 aromatic rings. The number of fused-ring (bicyclic) bond motifs is 1. The van der Waals surface area contributed by atoms with E-state index in [0.717, 1.165) is 0 Å². The number of nitrogens with one attached hydrogen (secondary N) is 1. The number of benzene rings is 2. The van der Waals surface area contributed by atoms with E-state index in [1.807, 2.05) is 0 Å². The molecule has 0 saturated heterocycles. The first-order chi connectivity index (χ1) is 9.65. The number of amides is 1. The quantitative estimate of drug-likeness (QED) is 0.876. The zero-order valence-corrected chi connectivity index (χ0v) is 10.4. The SMILES string of the molecule is O=C(O)c1ccc(C2NC(=O)c3ccccc3O2)cc1. The Morgan fingerprint density at radius 2 is 1.80 bits per heavy atom. The number of carboxylic acid groups (broad SMARTS) is 1. The fourth-order valence-corrected chi connectivity index (χ4v) is 2.06. The number of rotatable bonds is 2. The van der Waals surface area contributed by atoms with E-state index in [4.69, 9.17) is 9.84 Å². The van der Waals surface area contributed by atoms with Crippen LogP contribution in [-0.2, 0) is 0 Å². The smallest absolute Gasteiger partial charge is 0.335 e. The fourth-order valence-electron chi connectivity index (χ4n) is 2.06. The summed E-state index contributed by atoms with van der Waals surface area (Å²) in [7, 11) is 0.